The van der Waals surface area contributed by atoms with Gasteiger partial charge in [-0.2, -0.15) is 18.2 Å². The maximum Gasteiger partial charge on any atom is 0.417 e. The van der Waals surface area contributed by atoms with Crippen molar-refractivity contribution in [3.63, 3.8) is 0 Å². The van der Waals surface area contributed by atoms with E-state index in [-0.39, 0.29) is 57.5 Å². The highest BCUT2D eigenvalue weighted by Gasteiger charge is 2.48. The molecule has 5 atom stereocenters. The quantitative estimate of drug-likeness (QED) is 0.454. The SMILES string of the molecule is C[C@@H]1CN(c2nc(=O)n3c4c(c(-c5ccc(F)cc5F)c(C(F)(F)F)cc24)SC[C@@H]3CN2CC3OC[C@H]32)C[C@H](C)N1. The summed E-state index contributed by atoms with van der Waals surface area (Å²) in [5.74, 6) is -1.49. The highest BCUT2D eigenvalue weighted by molar-refractivity contribution is 7.99. The molecule has 218 valence electrons. The van der Waals surface area contributed by atoms with E-state index in [2.05, 4.69) is 15.2 Å². The molecule has 0 aliphatic carbocycles. The smallest absolute Gasteiger partial charge is 0.373 e. The minimum atomic E-state index is -4.85. The van der Waals surface area contributed by atoms with Crippen LogP contribution in [0.15, 0.2) is 34.0 Å². The van der Waals surface area contributed by atoms with Gasteiger partial charge in [-0.1, -0.05) is 0 Å². The third kappa shape index (κ3) is 4.43. The van der Waals surface area contributed by atoms with Crippen molar-refractivity contribution >= 4 is 28.5 Å². The zero-order chi connectivity index (χ0) is 28.8. The highest BCUT2D eigenvalue weighted by Crippen LogP contribution is 2.50. The number of anilines is 1. The molecule has 0 radical (unpaired) electrons. The molecule has 5 heterocycles. The van der Waals surface area contributed by atoms with Crippen LogP contribution in [-0.2, 0) is 10.9 Å². The molecule has 41 heavy (non-hydrogen) atoms. The highest BCUT2D eigenvalue weighted by atomic mass is 32.2. The van der Waals surface area contributed by atoms with Crippen LogP contribution < -0.4 is 15.9 Å². The fourth-order valence-electron chi connectivity index (χ4n) is 6.69. The van der Waals surface area contributed by atoms with Crippen LogP contribution in [0.1, 0.15) is 25.5 Å². The number of fused-ring (bicyclic) bond motifs is 1. The first-order valence-electron chi connectivity index (χ1n) is 13.6. The summed E-state index contributed by atoms with van der Waals surface area (Å²) in [6.07, 6.45) is -4.66. The molecule has 0 spiro atoms. The first-order valence-corrected chi connectivity index (χ1v) is 14.6. The van der Waals surface area contributed by atoms with Gasteiger partial charge in [-0.3, -0.25) is 9.47 Å². The predicted octanol–water partition coefficient (Wildman–Crippen LogP) is 4.28. The lowest BCUT2D eigenvalue weighted by atomic mass is 9.93. The summed E-state index contributed by atoms with van der Waals surface area (Å²) in [6, 6.07) is 3.52. The number of nitrogens with zero attached hydrogens (tertiary/aromatic N) is 4. The second-order valence-corrected chi connectivity index (χ2v) is 12.5. The third-order valence-electron chi connectivity index (χ3n) is 8.53. The van der Waals surface area contributed by atoms with E-state index in [0.717, 1.165) is 24.7 Å². The standard InChI is InChI=1S/C28H28F5N5O2S/c1-13-7-37(8-14(2)34-13)26-18-6-19(28(31,32)33)23(17-4-3-15(29)5-20(17)30)25-24(18)38(27(39)35-26)16(12-41-25)9-36-10-22-21(36)11-40-22/h3-6,13-14,16,21-22,34H,7-12H2,1-2H3/t13-,14+,16-,21+,22?/m0/s1. The van der Waals surface area contributed by atoms with Gasteiger partial charge in [0.2, 0.25) is 0 Å². The van der Waals surface area contributed by atoms with Gasteiger partial charge in [0.1, 0.15) is 17.5 Å². The van der Waals surface area contributed by atoms with E-state index in [1.165, 1.54) is 16.3 Å². The van der Waals surface area contributed by atoms with E-state index in [0.29, 0.717) is 43.6 Å². The monoisotopic (exact) mass is 593 g/mol. The Hall–Kier alpha value is -2.74. The van der Waals surface area contributed by atoms with Crippen LogP contribution in [0.3, 0.4) is 0 Å². The van der Waals surface area contributed by atoms with Gasteiger partial charge in [0.25, 0.3) is 0 Å². The molecular formula is C28H28F5N5O2S. The van der Waals surface area contributed by atoms with Crippen molar-refractivity contribution in [2.75, 3.05) is 43.4 Å². The lowest BCUT2D eigenvalue weighted by molar-refractivity contribution is -0.216. The molecule has 1 aromatic heterocycles. The van der Waals surface area contributed by atoms with E-state index in [1.807, 2.05) is 18.7 Å². The van der Waals surface area contributed by atoms with Gasteiger partial charge in [0.15, 0.2) is 0 Å². The first-order chi connectivity index (χ1) is 19.5. The molecule has 1 unspecified atom stereocenters. The van der Waals surface area contributed by atoms with Crippen molar-refractivity contribution in [2.24, 2.45) is 0 Å². The zero-order valence-corrected chi connectivity index (χ0v) is 23.2. The molecule has 4 aliphatic heterocycles. The average molecular weight is 594 g/mol. The number of hydrogen-bond acceptors (Lipinski definition) is 7. The van der Waals surface area contributed by atoms with Crippen LogP contribution in [0.4, 0.5) is 27.8 Å². The van der Waals surface area contributed by atoms with Crippen LogP contribution in [-0.4, -0.2) is 77.2 Å². The summed E-state index contributed by atoms with van der Waals surface area (Å²) in [4.78, 5) is 22.4. The van der Waals surface area contributed by atoms with Gasteiger partial charge in [0, 0.05) is 71.5 Å². The van der Waals surface area contributed by atoms with Gasteiger partial charge in [-0.05, 0) is 32.0 Å². The molecule has 1 N–H and O–H groups in total. The Morgan fingerprint density at radius 2 is 1.88 bits per heavy atom. The molecule has 0 bridgehead atoms. The molecule has 7 rings (SSSR count). The molecule has 0 saturated carbocycles. The summed E-state index contributed by atoms with van der Waals surface area (Å²) < 4.78 is 80.2. The number of thioether (sulfide) groups is 1. The Balaban J connectivity index is 1.49. The largest absolute Gasteiger partial charge is 0.417 e. The van der Waals surface area contributed by atoms with E-state index in [9.17, 15) is 22.4 Å². The van der Waals surface area contributed by atoms with Crippen molar-refractivity contribution in [1.82, 2.24) is 19.8 Å². The van der Waals surface area contributed by atoms with E-state index in [4.69, 9.17) is 4.74 Å². The summed E-state index contributed by atoms with van der Waals surface area (Å²) >= 11 is 1.18. The minimum absolute atomic E-state index is 0.0197. The summed E-state index contributed by atoms with van der Waals surface area (Å²) in [5.41, 5.74) is -2.02. The van der Waals surface area contributed by atoms with Gasteiger partial charge >= 0.3 is 11.9 Å². The summed E-state index contributed by atoms with van der Waals surface area (Å²) in [5, 5.41) is 3.59. The first kappa shape index (κ1) is 27.1. The lowest BCUT2D eigenvalue weighted by Gasteiger charge is -2.55. The van der Waals surface area contributed by atoms with Crippen LogP contribution in [0.5, 0.6) is 0 Å². The second kappa shape index (κ2) is 9.65. The number of hydrogen-bond donors (Lipinski definition) is 1. The predicted molar refractivity (Wildman–Crippen MR) is 145 cm³/mol. The second-order valence-electron chi connectivity index (χ2n) is 11.5. The lowest BCUT2D eigenvalue weighted by Crippen LogP contribution is -2.71. The number of nitrogens with one attached hydrogen (secondary N) is 1. The topological polar surface area (TPSA) is 62.6 Å². The number of likely N-dealkylation sites (tertiary alicyclic amines) is 1. The van der Waals surface area contributed by atoms with Crippen molar-refractivity contribution in [1.29, 1.82) is 0 Å². The van der Waals surface area contributed by atoms with E-state index < -0.39 is 29.1 Å². The summed E-state index contributed by atoms with van der Waals surface area (Å²) in [7, 11) is 0. The third-order valence-corrected chi connectivity index (χ3v) is 9.77. The van der Waals surface area contributed by atoms with Gasteiger partial charge in [0.05, 0.1) is 35.9 Å². The molecular weight excluding hydrogens is 565 g/mol. The number of rotatable bonds is 4. The molecule has 3 saturated heterocycles. The number of aromatic nitrogens is 2. The number of piperazine rings is 1. The summed E-state index contributed by atoms with van der Waals surface area (Å²) in [6.45, 7) is 6.71. The van der Waals surface area contributed by atoms with Crippen molar-refractivity contribution in [3.8, 4) is 11.1 Å². The molecule has 4 aliphatic rings. The number of ether oxygens (including phenoxy) is 1. The fraction of sp³-hybridized carbons (Fsp3) is 0.500. The Bertz CT molecular complexity index is 1600. The Labute approximate surface area is 236 Å². The molecule has 2 aromatic carbocycles. The zero-order valence-electron chi connectivity index (χ0n) is 22.3. The van der Waals surface area contributed by atoms with Crippen LogP contribution >= 0.6 is 11.8 Å². The van der Waals surface area contributed by atoms with Crippen LogP contribution in [0.25, 0.3) is 22.0 Å². The fourth-order valence-corrected chi connectivity index (χ4v) is 8.01. The molecule has 3 fully saturated rings. The molecule has 13 heteroatoms. The molecule has 7 nitrogen and oxygen atoms in total. The minimum Gasteiger partial charge on any atom is -0.373 e. The van der Waals surface area contributed by atoms with Crippen molar-refractivity contribution in [3.05, 3.63) is 51.9 Å². The Morgan fingerprint density at radius 3 is 2.49 bits per heavy atom. The van der Waals surface area contributed by atoms with Crippen molar-refractivity contribution < 1.29 is 26.7 Å². The maximum absolute atomic E-state index is 15.1. The van der Waals surface area contributed by atoms with E-state index >= 15 is 4.39 Å². The number of benzene rings is 2. The number of halogens is 5. The molecule has 3 aromatic rings. The van der Waals surface area contributed by atoms with Crippen LogP contribution in [0, 0.1) is 11.6 Å². The Kier molecular flexibility index (Phi) is 6.38. The van der Waals surface area contributed by atoms with Gasteiger partial charge in [-0.15, -0.1) is 11.8 Å². The van der Waals surface area contributed by atoms with Gasteiger partial charge in [-0.25, -0.2) is 13.6 Å². The van der Waals surface area contributed by atoms with Gasteiger partial charge < -0.3 is 15.0 Å². The Morgan fingerprint density at radius 1 is 1.12 bits per heavy atom. The molecule has 0 amide bonds. The maximum atomic E-state index is 15.1. The normalized spacial score (nSPS) is 27.9. The number of alkyl halides is 3. The average Bonchev–Trinajstić information content (AvgIpc) is 2.88. The van der Waals surface area contributed by atoms with Crippen molar-refractivity contribution in [2.45, 2.75) is 55.2 Å². The number of morpholine rings is 1. The van der Waals surface area contributed by atoms with E-state index in [1.54, 1.807) is 0 Å². The van der Waals surface area contributed by atoms with Crippen LogP contribution in [0.2, 0.25) is 0 Å².